The predicted octanol–water partition coefficient (Wildman–Crippen LogP) is 2.86. The van der Waals surface area contributed by atoms with Gasteiger partial charge >= 0.3 is 0 Å². The summed E-state index contributed by atoms with van der Waals surface area (Å²) in [6.07, 6.45) is 1.51. The first-order valence-corrected chi connectivity index (χ1v) is 5.50. The Morgan fingerprint density at radius 2 is 2.00 bits per heavy atom. The van der Waals surface area contributed by atoms with Gasteiger partial charge in [0.05, 0.1) is 5.56 Å². The maximum absolute atomic E-state index is 11.9. The molecule has 88 valence electrons. The Bertz CT molecular complexity index is 617. The van der Waals surface area contributed by atoms with Crippen LogP contribution in [0.25, 0.3) is 0 Å². The molecule has 0 saturated carbocycles. The van der Waals surface area contributed by atoms with E-state index in [9.17, 15) is 4.79 Å². The van der Waals surface area contributed by atoms with E-state index in [-0.39, 0.29) is 11.7 Å². The molecular weight excluding hydrogens is 250 g/mol. The van der Waals surface area contributed by atoms with E-state index in [1.165, 1.54) is 6.20 Å². The van der Waals surface area contributed by atoms with E-state index in [0.717, 1.165) is 0 Å². The number of benzene rings is 1. The zero-order chi connectivity index (χ0) is 13.0. The van der Waals surface area contributed by atoms with Gasteiger partial charge in [-0.1, -0.05) is 11.6 Å². The highest BCUT2D eigenvalue weighted by molar-refractivity contribution is 6.30. The molecule has 1 heterocycles. The van der Waals surface area contributed by atoms with Gasteiger partial charge in [-0.15, -0.1) is 0 Å². The minimum atomic E-state index is -0.332. The molecule has 5 heteroatoms. The van der Waals surface area contributed by atoms with Crippen molar-refractivity contribution in [3.8, 4) is 6.07 Å². The first kappa shape index (κ1) is 12.1. The lowest BCUT2D eigenvalue weighted by Crippen LogP contribution is -2.13. The summed E-state index contributed by atoms with van der Waals surface area (Å²) in [4.78, 5) is 15.8. The van der Waals surface area contributed by atoms with Crippen LogP contribution in [0.5, 0.6) is 0 Å². The average Bonchev–Trinajstić information content (AvgIpc) is 2.40. The number of hydrogen-bond donors (Lipinski definition) is 1. The van der Waals surface area contributed by atoms with Crippen molar-refractivity contribution in [1.29, 1.82) is 5.26 Å². The Kier molecular flexibility index (Phi) is 3.56. The minimum Gasteiger partial charge on any atom is -0.305 e. The van der Waals surface area contributed by atoms with E-state index in [0.29, 0.717) is 16.1 Å². The number of rotatable bonds is 2. The van der Waals surface area contributed by atoms with Crippen molar-refractivity contribution in [2.75, 3.05) is 5.32 Å². The molecule has 0 radical (unpaired) electrons. The molecule has 18 heavy (non-hydrogen) atoms. The van der Waals surface area contributed by atoms with Crippen LogP contribution in [-0.2, 0) is 0 Å². The van der Waals surface area contributed by atoms with Crippen LogP contribution in [0.1, 0.15) is 15.9 Å². The van der Waals surface area contributed by atoms with Gasteiger partial charge < -0.3 is 5.32 Å². The molecule has 0 unspecified atom stereocenters. The summed E-state index contributed by atoms with van der Waals surface area (Å²) < 4.78 is 0. The Hall–Kier alpha value is -2.38. The fourth-order valence-electron chi connectivity index (χ4n) is 1.38. The first-order valence-electron chi connectivity index (χ1n) is 5.13. The molecule has 2 aromatic rings. The van der Waals surface area contributed by atoms with E-state index in [2.05, 4.69) is 10.3 Å². The van der Waals surface area contributed by atoms with Gasteiger partial charge in [-0.3, -0.25) is 4.79 Å². The SMILES string of the molecule is N#Cc1cccnc1NC(=O)c1ccc(Cl)cc1. The van der Waals surface area contributed by atoms with Gasteiger partial charge in [0, 0.05) is 16.8 Å². The molecule has 0 fully saturated rings. The van der Waals surface area contributed by atoms with E-state index >= 15 is 0 Å². The zero-order valence-electron chi connectivity index (χ0n) is 9.22. The molecule has 0 aliphatic heterocycles. The van der Waals surface area contributed by atoms with Gasteiger partial charge in [-0.25, -0.2) is 4.98 Å². The number of hydrogen-bond acceptors (Lipinski definition) is 3. The van der Waals surface area contributed by atoms with Crippen molar-refractivity contribution in [2.24, 2.45) is 0 Å². The lowest BCUT2D eigenvalue weighted by molar-refractivity contribution is 0.102. The molecule has 1 N–H and O–H groups in total. The van der Waals surface area contributed by atoms with Gasteiger partial charge in [0.2, 0.25) is 0 Å². The number of carbonyl (C=O) groups excluding carboxylic acids is 1. The average molecular weight is 258 g/mol. The van der Waals surface area contributed by atoms with Crippen LogP contribution in [0.2, 0.25) is 5.02 Å². The van der Waals surface area contributed by atoms with Gasteiger partial charge in [-0.05, 0) is 36.4 Å². The number of nitrogens with one attached hydrogen (secondary N) is 1. The normalized spacial score (nSPS) is 9.56. The third-order valence-electron chi connectivity index (χ3n) is 2.27. The number of amides is 1. The van der Waals surface area contributed by atoms with E-state index in [1.807, 2.05) is 6.07 Å². The van der Waals surface area contributed by atoms with Crippen molar-refractivity contribution in [1.82, 2.24) is 4.98 Å². The third kappa shape index (κ3) is 2.65. The van der Waals surface area contributed by atoms with Crippen molar-refractivity contribution in [3.63, 3.8) is 0 Å². The van der Waals surface area contributed by atoms with E-state index in [4.69, 9.17) is 16.9 Å². The standard InChI is InChI=1S/C13H8ClN3O/c14-11-5-3-9(4-6-11)13(18)17-12-10(8-15)2-1-7-16-12/h1-7H,(H,16,17,18). The summed E-state index contributed by atoms with van der Waals surface area (Å²) in [7, 11) is 0. The van der Waals surface area contributed by atoms with Gasteiger partial charge in [0.25, 0.3) is 5.91 Å². The van der Waals surface area contributed by atoms with Crippen LogP contribution >= 0.6 is 11.6 Å². The Morgan fingerprint density at radius 3 is 2.67 bits per heavy atom. The van der Waals surface area contributed by atoms with Crippen LogP contribution in [0.15, 0.2) is 42.6 Å². The number of carbonyl (C=O) groups is 1. The van der Waals surface area contributed by atoms with E-state index in [1.54, 1.807) is 36.4 Å². The molecule has 0 spiro atoms. The second kappa shape index (κ2) is 5.30. The highest BCUT2D eigenvalue weighted by Gasteiger charge is 2.09. The number of anilines is 1. The van der Waals surface area contributed by atoms with E-state index < -0.39 is 0 Å². The van der Waals surface area contributed by atoms with Crippen LogP contribution in [-0.4, -0.2) is 10.9 Å². The molecule has 0 aliphatic rings. The zero-order valence-corrected chi connectivity index (χ0v) is 9.98. The van der Waals surface area contributed by atoms with Crippen molar-refractivity contribution in [3.05, 3.63) is 58.7 Å². The van der Waals surface area contributed by atoms with Crippen molar-refractivity contribution < 1.29 is 4.79 Å². The van der Waals surface area contributed by atoms with Crippen LogP contribution < -0.4 is 5.32 Å². The molecule has 0 aliphatic carbocycles. The number of halogens is 1. The summed E-state index contributed by atoms with van der Waals surface area (Å²) >= 11 is 5.74. The third-order valence-corrected chi connectivity index (χ3v) is 2.52. The monoisotopic (exact) mass is 257 g/mol. The van der Waals surface area contributed by atoms with Crippen molar-refractivity contribution in [2.45, 2.75) is 0 Å². The Morgan fingerprint density at radius 1 is 1.28 bits per heavy atom. The molecule has 2 rings (SSSR count). The smallest absolute Gasteiger partial charge is 0.256 e. The minimum absolute atomic E-state index is 0.250. The summed E-state index contributed by atoms with van der Waals surface area (Å²) in [5.41, 5.74) is 0.772. The largest absolute Gasteiger partial charge is 0.305 e. The number of aromatic nitrogens is 1. The maximum atomic E-state index is 11.9. The predicted molar refractivity (Wildman–Crippen MR) is 68.4 cm³/mol. The second-order valence-electron chi connectivity index (χ2n) is 3.47. The van der Waals surface area contributed by atoms with Gasteiger partial charge in [0.1, 0.15) is 6.07 Å². The molecule has 0 bridgehead atoms. The lowest BCUT2D eigenvalue weighted by Gasteiger charge is -2.05. The summed E-state index contributed by atoms with van der Waals surface area (Å²) in [5.74, 6) is -0.0817. The number of nitrogens with zero attached hydrogens (tertiary/aromatic N) is 2. The number of nitriles is 1. The lowest BCUT2D eigenvalue weighted by atomic mass is 10.2. The van der Waals surface area contributed by atoms with Gasteiger partial charge in [0.15, 0.2) is 5.82 Å². The Labute approximate surface area is 109 Å². The fourth-order valence-corrected chi connectivity index (χ4v) is 1.50. The quantitative estimate of drug-likeness (QED) is 0.900. The topological polar surface area (TPSA) is 65.8 Å². The molecule has 1 amide bonds. The molecule has 0 atom stereocenters. The van der Waals surface area contributed by atoms with Gasteiger partial charge in [-0.2, -0.15) is 5.26 Å². The second-order valence-corrected chi connectivity index (χ2v) is 3.91. The highest BCUT2D eigenvalue weighted by atomic mass is 35.5. The summed E-state index contributed by atoms with van der Waals surface area (Å²) in [6, 6.07) is 11.6. The summed E-state index contributed by atoms with van der Waals surface area (Å²) in [5, 5.41) is 12.0. The highest BCUT2D eigenvalue weighted by Crippen LogP contribution is 2.13. The molecular formula is C13H8ClN3O. The van der Waals surface area contributed by atoms with Crippen molar-refractivity contribution >= 4 is 23.3 Å². The molecule has 0 saturated heterocycles. The maximum Gasteiger partial charge on any atom is 0.256 e. The fraction of sp³-hybridized carbons (Fsp3) is 0. The number of pyridine rings is 1. The molecule has 4 nitrogen and oxygen atoms in total. The van der Waals surface area contributed by atoms with Crippen LogP contribution in [0.3, 0.4) is 0 Å². The van der Waals surface area contributed by atoms with Crippen LogP contribution in [0.4, 0.5) is 5.82 Å². The molecule has 1 aromatic carbocycles. The summed E-state index contributed by atoms with van der Waals surface area (Å²) in [6.45, 7) is 0. The first-order chi connectivity index (χ1) is 8.70. The Balaban J connectivity index is 2.22. The molecule has 1 aromatic heterocycles. The van der Waals surface area contributed by atoms with Crippen LogP contribution in [0, 0.1) is 11.3 Å².